The van der Waals surface area contributed by atoms with Crippen LogP contribution in [-0.4, -0.2) is 35.6 Å². The predicted molar refractivity (Wildman–Crippen MR) is 49.1 cm³/mol. The van der Waals surface area contributed by atoms with E-state index in [4.69, 9.17) is 5.11 Å². The molecule has 3 nitrogen and oxygen atoms in total. The number of aliphatic hydroxyl groups is 1. The van der Waals surface area contributed by atoms with Gasteiger partial charge in [-0.1, -0.05) is 0 Å². The van der Waals surface area contributed by atoms with E-state index >= 15 is 0 Å². The Hall–Kier alpha value is -0.570. The maximum atomic E-state index is 11.6. The number of hydrogen-bond donors (Lipinski definition) is 1. The van der Waals surface area contributed by atoms with E-state index < -0.39 is 0 Å². The number of carbonyl (C=O) groups excluding carboxylic acids is 1. The SMILES string of the molecule is O=C(CC1CC1)N1CC[C@H](CO)C1. The lowest BCUT2D eigenvalue weighted by Crippen LogP contribution is -2.29. The van der Waals surface area contributed by atoms with Gasteiger partial charge in [-0.25, -0.2) is 0 Å². The Morgan fingerprint density at radius 3 is 2.62 bits per heavy atom. The predicted octanol–water partition coefficient (Wildman–Crippen LogP) is 0.627. The van der Waals surface area contributed by atoms with E-state index in [1.807, 2.05) is 4.90 Å². The van der Waals surface area contributed by atoms with Crippen molar-refractivity contribution < 1.29 is 9.90 Å². The molecular weight excluding hydrogens is 166 g/mol. The fourth-order valence-electron chi connectivity index (χ4n) is 1.91. The van der Waals surface area contributed by atoms with Crippen LogP contribution in [0.25, 0.3) is 0 Å². The highest BCUT2D eigenvalue weighted by Gasteiger charge is 2.30. The van der Waals surface area contributed by atoms with Crippen LogP contribution in [0.15, 0.2) is 0 Å². The third-order valence-corrected chi connectivity index (χ3v) is 3.06. The van der Waals surface area contributed by atoms with Gasteiger partial charge in [0.15, 0.2) is 0 Å². The van der Waals surface area contributed by atoms with Gasteiger partial charge in [-0.15, -0.1) is 0 Å². The van der Waals surface area contributed by atoms with E-state index in [9.17, 15) is 4.79 Å². The summed E-state index contributed by atoms with van der Waals surface area (Å²) in [5, 5.41) is 8.92. The van der Waals surface area contributed by atoms with Crippen LogP contribution in [0, 0.1) is 11.8 Å². The topological polar surface area (TPSA) is 40.5 Å². The molecule has 1 N–H and O–H groups in total. The number of rotatable bonds is 3. The van der Waals surface area contributed by atoms with Crippen LogP contribution in [0.5, 0.6) is 0 Å². The lowest BCUT2D eigenvalue weighted by atomic mass is 10.1. The Morgan fingerprint density at radius 1 is 1.31 bits per heavy atom. The van der Waals surface area contributed by atoms with Crippen molar-refractivity contribution in [3.8, 4) is 0 Å². The van der Waals surface area contributed by atoms with Crippen LogP contribution in [-0.2, 0) is 4.79 Å². The highest BCUT2D eigenvalue weighted by Crippen LogP contribution is 2.33. The van der Waals surface area contributed by atoms with E-state index in [0.29, 0.717) is 17.7 Å². The van der Waals surface area contributed by atoms with Crippen molar-refractivity contribution >= 4 is 5.91 Å². The molecule has 74 valence electrons. The van der Waals surface area contributed by atoms with Crippen molar-refractivity contribution in [2.45, 2.75) is 25.7 Å². The van der Waals surface area contributed by atoms with Gasteiger partial charge in [0.2, 0.25) is 5.91 Å². The zero-order chi connectivity index (χ0) is 9.26. The van der Waals surface area contributed by atoms with Crippen LogP contribution in [0.3, 0.4) is 0 Å². The second kappa shape index (κ2) is 3.66. The number of aliphatic hydroxyl groups excluding tert-OH is 1. The van der Waals surface area contributed by atoms with Gasteiger partial charge in [0.05, 0.1) is 0 Å². The third kappa shape index (κ3) is 2.21. The average molecular weight is 183 g/mol. The molecule has 0 spiro atoms. The standard InChI is InChI=1S/C10H17NO2/c12-7-9-3-4-11(6-9)10(13)5-8-1-2-8/h8-9,12H,1-7H2/t9-/m0/s1. The van der Waals surface area contributed by atoms with E-state index in [1.54, 1.807) is 0 Å². The summed E-state index contributed by atoms with van der Waals surface area (Å²) in [6.07, 6.45) is 4.21. The first-order chi connectivity index (χ1) is 6.29. The molecule has 1 aliphatic carbocycles. The molecule has 2 aliphatic rings. The molecule has 1 amide bonds. The molecule has 1 aliphatic heterocycles. The van der Waals surface area contributed by atoms with Gasteiger partial charge in [0.1, 0.15) is 0 Å². The molecule has 1 saturated carbocycles. The van der Waals surface area contributed by atoms with Crippen LogP contribution in [0.4, 0.5) is 0 Å². The van der Waals surface area contributed by atoms with Crippen molar-refractivity contribution in [2.75, 3.05) is 19.7 Å². The normalized spacial score (nSPS) is 28.1. The molecule has 1 saturated heterocycles. The van der Waals surface area contributed by atoms with Gasteiger partial charge in [-0.05, 0) is 25.2 Å². The van der Waals surface area contributed by atoms with E-state index in [0.717, 1.165) is 25.9 Å². The first-order valence-corrected chi connectivity index (χ1v) is 5.18. The smallest absolute Gasteiger partial charge is 0.222 e. The monoisotopic (exact) mass is 183 g/mol. The molecule has 0 radical (unpaired) electrons. The highest BCUT2D eigenvalue weighted by atomic mass is 16.3. The van der Waals surface area contributed by atoms with Crippen molar-refractivity contribution in [2.24, 2.45) is 11.8 Å². The number of nitrogens with zero attached hydrogens (tertiary/aromatic N) is 1. The summed E-state index contributed by atoms with van der Waals surface area (Å²) in [5.74, 6) is 1.32. The van der Waals surface area contributed by atoms with Gasteiger partial charge >= 0.3 is 0 Å². The maximum Gasteiger partial charge on any atom is 0.222 e. The molecule has 13 heavy (non-hydrogen) atoms. The fraction of sp³-hybridized carbons (Fsp3) is 0.900. The van der Waals surface area contributed by atoms with Crippen molar-refractivity contribution in [3.05, 3.63) is 0 Å². The summed E-state index contributed by atoms with van der Waals surface area (Å²) in [5.41, 5.74) is 0. The Bertz CT molecular complexity index is 201. The van der Waals surface area contributed by atoms with Gasteiger partial charge in [0.25, 0.3) is 0 Å². The van der Waals surface area contributed by atoms with E-state index in [1.165, 1.54) is 12.8 Å². The average Bonchev–Trinajstić information content (AvgIpc) is 2.82. The second-order valence-corrected chi connectivity index (χ2v) is 4.32. The Morgan fingerprint density at radius 2 is 2.08 bits per heavy atom. The van der Waals surface area contributed by atoms with Gasteiger partial charge < -0.3 is 10.0 Å². The van der Waals surface area contributed by atoms with Gasteiger partial charge in [0, 0.05) is 32.0 Å². The Labute approximate surface area is 78.7 Å². The first-order valence-electron chi connectivity index (χ1n) is 5.18. The molecule has 1 atom stereocenters. The highest BCUT2D eigenvalue weighted by molar-refractivity contribution is 5.77. The minimum Gasteiger partial charge on any atom is -0.396 e. The molecule has 0 aromatic rings. The molecule has 3 heteroatoms. The molecule has 0 aromatic heterocycles. The summed E-state index contributed by atoms with van der Waals surface area (Å²) in [4.78, 5) is 13.5. The van der Waals surface area contributed by atoms with Gasteiger partial charge in [-0.3, -0.25) is 4.79 Å². The largest absolute Gasteiger partial charge is 0.396 e. The summed E-state index contributed by atoms with van der Waals surface area (Å²) in [7, 11) is 0. The molecule has 0 unspecified atom stereocenters. The van der Waals surface area contributed by atoms with Crippen molar-refractivity contribution in [3.63, 3.8) is 0 Å². The summed E-state index contributed by atoms with van der Waals surface area (Å²) in [6.45, 7) is 1.87. The molecule has 2 rings (SSSR count). The van der Waals surface area contributed by atoms with Crippen LogP contribution in [0.1, 0.15) is 25.7 Å². The molecular formula is C10H17NO2. The van der Waals surface area contributed by atoms with E-state index in [-0.39, 0.29) is 6.61 Å². The maximum absolute atomic E-state index is 11.6. The molecule has 1 heterocycles. The third-order valence-electron chi connectivity index (χ3n) is 3.06. The Balaban J connectivity index is 1.77. The minimum atomic E-state index is 0.229. The van der Waals surface area contributed by atoms with Gasteiger partial charge in [-0.2, -0.15) is 0 Å². The number of likely N-dealkylation sites (tertiary alicyclic amines) is 1. The summed E-state index contributed by atoms with van der Waals surface area (Å²) < 4.78 is 0. The van der Waals surface area contributed by atoms with Crippen molar-refractivity contribution in [1.29, 1.82) is 0 Å². The molecule has 2 fully saturated rings. The quantitative estimate of drug-likeness (QED) is 0.697. The minimum absolute atomic E-state index is 0.229. The van der Waals surface area contributed by atoms with E-state index in [2.05, 4.69) is 0 Å². The van der Waals surface area contributed by atoms with Crippen LogP contribution in [0.2, 0.25) is 0 Å². The second-order valence-electron chi connectivity index (χ2n) is 4.32. The Kier molecular flexibility index (Phi) is 2.54. The summed E-state index contributed by atoms with van der Waals surface area (Å²) in [6, 6.07) is 0. The number of amides is 1. The first kappa shape index (κ1) is 9.00. The lowest BCUT2D eigenvalue weighted by molar-refractivity contribution is -0.130. The zero-order valence-corrected chi connectivity index (χ0v) is 7.91. The fourth-order valence-corrected chi connectivity index (χ4v) is 1.91. The number of hydrogen-bond acceptors (Lipinski definition) is 2. The van der Waals surface area contributed by atoms with Crippen LogP contribution < -0.4 is 0 Å². The van der Waals surface area contributed by atoms with Crippen LogP contribution >= 0.6 is 0 Å². The molecule has 0 aromatic carbocycles. The number of carbonyl (C=O) groups is 1. The summed E-state index contributed by atoms with van der Waals surface area (Å²) >= 11 is 0. The molecule has 0 bridgehead atoms. The zero-order valence-electron chi connectivity index (χ0n) is 7.91. The lowest BCUT2D eigenvalue weighted by Gasteiger charge is -2.15. The van der Waals surface area contributed by atoms with Crippen molar-refractivity contribution in [1.82, 2.24) is 4.90 Å².